The van der Waals surface area contributed by atoms with Gasteiger partial charge in [-0.25, -0.2) is 4.39 Å². The molecule has 2 unspecified atom stereocenters. The zero-order valence-corrected chi connectivity index (χ0v) is 23.4. The highest BCUT2D eigenvalue weighted by Crippen LogP contribution is 2.38. The number of fused-ring (bicyclic) bond motifs is 6. The van der Waals surface area contributed by atoms with Crippen molar-refractivity contribution in [1.82, 2.24) is 9.97 Å². The molecule has 2 aliphatic rings. The van der Waals surface area contributed by atoms with Crippen LogP contribution in [0.5, 0.6) is 0 Å². The average molecular weight is 547 g/mol. The van der Waals surface area contributed by atoms with E-state index in [4.69, 9.17) is 4.98 Å². The third-order valence-corrected chi connectivity index (χ3v) is 9.24. The lowest BCUT2D eigenvalue weighted by Gasteiger charge is -2.30. The highest BCUT2D eigenvalue weighted by Gasteiger charge is 2.27. The molecular formula is C39H31FN2. The molecule has 0 radical (unpaired) electrons. The Kier molecular flexibility index (Phi) is 6.10. The summed E-state index contributed by atoms with van der Waals surface area (Å²) in [5.41, 5.74) is 11.2. The summed E-state index contributed by atoms with van der Waals surface area (Å²) < 4.78 is 14.2. The van der Waals surface area contributed by atoms with Gasteiger partial charge in [-0.1, -0.05) is 84.9 Å². The second-order valence-electron chi connectivity index (χ2n) is 11.7. The minimum absolute atomic E-state index is 0.215. The standard InChI is InChI=1S/C39H31FN2/c40-30-13-17-38-36(23-30)29(24-42-38)22-39-33(11-6-18-41-39)28-20-27(19-25-7-2-1-3-8-25)32-15-16-34-31-10-5-4-9-26(31)12-14-35(34)37(32)21-28/h1-11,13-18,21,23-24,27-28,42H,12,19-20,22H2. The molecule has 2 heterocycles. The number of pyridine rings is 1. The molecule has 0 spiro atoms. The van der Waals surface area contributed by atoms with Crippen LogP contribution in [-0.2, 0) is 19.3 Å². The Balaban J connectivity index is 1.27. The minimum Gasteiger partial charge on any atom is -0.361 e. The van der Waals surface area contributed by atoms with Gasteiger partial charge < -0.3 is 4.98 Å². The molecule has 0 aliphatic heterocycles. The topological polar surface area (TPSA) is 28.7 Å². The summed E-state index contributed by atoms with van der Waals surface area (Å²) in [6, 6.07) is 33.7. The number of nitrogens with zero attached hydrogens (tertiary/aromatic N) is 1. The van der Waals surface area contributed by atoms with Crippen molar-refractivity contribution in [2.75, 3.05) is 0 Å². The predicted octanol–water partition coefficient (Wildman–Crippen LogP) is 7.59. The fourth-order valence-electron chi connectivity index (χ4n) is 7.25. The first-order valence-corrected chi connectivity index (χ1v) is 14.9. The van der Waals surface area contributed by atoms with Gasteiger partial charge in [-0.05, 0) is 98.8 Å². The van der Waals surface area contributed by atoms with E-state index in [1.807, 2.05) is 18.5 Å². The van der Waals surface area contributed by atoms with Gasteiger partial charge in [0, 0.05) is 41.3 Å². The molecular weight excluding hydrogens is 515 g/mol. The van der Waals surface area contributed by atoms with Crippen LogP contribution in [-0.4, -0.2) is 9.97 Å². The van der Waals surface area contributed by atoms with Crippen molar-refractivity contribution < 1.29 is 4.39 Å². The summed E-state index contributed by atoms with van der Waals surface area (Å²) in [6.07, 6.45) is 12.5. The maximum Gasteiger partial charge on any atom is 0.123 e. The van der Waals surface area contributed by atoms with Crippen LogP contribution in [0.25, 0.3) is 34.2 Å². The first kappa shape index (κ1) is 25.0. The molecule has 4 aromatic carbocycles. The molecule has 0 fully saturated rings. The van der Waals surface area contributed by atoms with Crippen molar-refractivity contribution >= 4 is 23.1 Å². The van der Waals surface area contributed by atoms with E-state index in [1.165, 1.54) is 49.9 Å². The SMILES string of the molecule is Fc1ccc2[nH]cc(Cc3ncccc3C3C=c4c(ccc5c4=CCc4ccccc4-5)C(Cc4ccccc4)C3)c2c1. The average Bonchev–Trinajstić information content (AvgIpc) is 3.42. The first-order chi connectivity index (χ1) is 20.7. The number of aromatic amines is 1. The molecule has 1 N–H and O–H groups in total. The monoisotopic (exact) mass is 546 g/mol. The van der Waals surface area contributed by atoms with E-state index < -0.39 is 0 Å². The van der Waals surface area contributed by atoms with Gasteiger partial charge >= 0.3 is 0 Å². The molecule has 2 nitrogen and oxygen atoms in total. The maximum absolute atomic E-state index is 14.2. The van der Waals surface area contributed by atoms with Crippen molar-refractivity contribution in [2.45, 2.75) is 37.5 Å². The van der Waals surface area contributed by atoms with Crippen LogP contribution in [0.4, 0.5) is 4.39 Å². The molecule has 2 aliphatic carbocycles. The Labute approximate surface area is 244 Å². The van der Waals surface area contributed by atoms with Crippen molar-refractivity contribution in [3.63, 3.8) is 0 Å². The molecule has 6 aromatic rings. The Morgan fingerprint density at radius 3 is 2.62 bits per heavy atom. The predicted molar refractivity (Wildman–Crippen MR) is 169 cm³/mol. The van der Waals surface area contributed by atoms with Gasteiger partial charge in [-0.15, -0.1) is 0 Å². The van der Waals surface area contributed by atoms with E-state index in [9.17, 15) is 4.39 Å². The van der Waals surface area contributed by atoms with E-state index in [1.54, 1.807) is 6.07 Å². The van der Waals surface area contributed by atoms with Crippen LogP contribution in [0.3, 0.4) is 0 Å². The first-order valence-electron chi connectivity index (χ1n) is 14.9. The van der Waals surface area contributed by atoms with E-state index in [2.05, 4.69) is 96.0 Å². The number of rotatable bonds is 5. The lowest BCUT2D eigenvalue weighted by molar-refractivity contribution is 0.575. The van der Waals surface area contributed by atoms with Crippen LogP contribution in [0, 0.1) is 5.82 Å². The third-order valence-electron chi connectivity index (χ3n) is 9.24. The number of H-pyrrole nitrogens is 1. The quantitative estimate of drug-likeness (QED) is 0.237. The van der Waals surface area contributed by atoms with Crippen molar-refractivity contribution in [3.05, 3.63) is 159 Å². The van der Waals surface area contributed by atoms with Gasteiger partial charge in [0.1, 0.15) is 5.82 Å². The van der Waals surface area contributed by atoms with E-state index in [0.29, 0.717) is 12.3 Å². The summed E-state index contributed by atoms with van der Waals surface area (Å²) in [5.74, 6) is 0.408. The molecule has 0 saturated heterocycles. The molecule has 0 bridgehead atoms. The van der Waals surface area contributed by atoms with Gasteiger partial charge in [0.25, 0.3) is 0 Å². The number of aromatic nitrogens is 2. The summed E-state index contributed by atoms with van der Waals surface area (Å²) in [7, 11) is 0. The van der Waals surface area contributed by atoms with E-state index in [-0.39, 0.29) is 11.7 Å². The smallest absolute Gasteiger partial charge is 0.123 e. The Morgan fingerprint density at radius 2 is 1.69 bits per heavy atom. The molecule has 2 atom stereocenters. The van der Waals surface area contributed by atoms with E-state index in [0.717, 1.165) is 41.4 Å². The van der Waals surface area contributed by atoms with Crippen molar-refractivity contribution in [1.29, 1.82) is 0 Å². The second kappa shape index (κ2) is 10.3. The van der Waals surface area contributed by atoms with Crippen LogP contribution in [0.15, 0.2) is 109 Å². The Hall–Kier alpha value is -4.76. The Morgan fingerprint density at radius 1 is 0.810 bits per heavy atom. The van der Waals surface area contributed by atoms with E-state index >= 15 is 0 Å². The molecule has 0 amide bonds. The van der Waals surface area contributed by atoms with Gasteiger partial charge in [0.05, 0.1) is 0 Å². The zero-order valence-electron chi connectivity index (χ0n) is 23.4. The summed E-state index contributed by atoms with van der Waals surface area (Å²) >= 11 is 0. The third kappa shape index (κ3) is 4.37. The highest BCUT2D eigenvalue weighted by molar-refractivity contribution is 5.83. The largest absolute Gasteiger partial charge is 0.361 e. The summed E-state index contributed by atoms with van der Waals surface area (Å²) in [6.45, 7) is 0. The number of hydrogen-bond acceptors (Lipinski definition) is 1. The Bertz CT molecular complexity index is 2070. The molecule has 3 heteroatoms. The molecule has 0 saturated carbocycles. The number of nitrogens with one attached hydrogen (secondary N) is 1. The molecule has 8 rings (SSSR count). The minimum atomic E-state index is -0.215. The van der Waals surface area contributed by atoms with Gasteiger partial charge in [-0.3, -0.25) is 4.98 Å². The number of hydrogen-bond donors (Lipinski definition) is 1. The van der Waals surface area contributed by atoms with Gasteiger partial charge in [-0.2, -0.15) is 0 Å². The number of halogens is 1. The van der Waals surface area contributed by atoms with Crippen LogP contribution < -0.4 is 10.4 Å². The van der Waals surface area contributed by atoms with Gasteiger partial charge in [0.15, 0.2) is 0 Å². The molecule has 204 valence electrons. The summed E-state index contributed by atoms with van der Waals surface area (Å²) in [5, 5.41) is 3.67. The van der Waals surface area contributed by atoms with Crippen LogP contribution in [0.1, 0.15) is 51.8 Å². The molecule has 42 heavy (non-hydrogen) atoms. The second-order valence-corrected chi connectivity index (χ2v) is 11.7. The fraction of sp³-hybridized carbons (Fsp3) is 0.154. The fourth-order valence-corrected chi connectivity index (χ4v) is 7.25. The van der Waals surface area contributed by atoms with Crippen LogP contribution >= 0.6 is 0 Å². The maximum atomic E-state index is 14.2. The van der Waals surface area contributed by atoms with Gasteiger partial charge in [0.2, 0.25) is 0 Å². The summed E-state index contributed by atoms with van der Waals surface area (Å²) in [4.78, 5) is 8.22. The zero-order chi connectivity index (χ0) is 28.0. The highest BCUT2D eigenvalue weighted by atomic mass is 19.1. The lowest BCUT2D eigenvalue weighted by atomic mass is 9.74. The van der Waals surface area contributed by atoms with Crippen molar-refractivity contribution in [2.24, 2.45) is 0 Å². The van der Waals surface area contributed by atoms with Crippen molar-refractivity contribution in [3.8, 4) is 11.1 Å². The lowest BCUT2D eigenvalue weighted by Crippen LogP contribution is -2.37. The normalized spacial score (nSPS) is 17.1. The van der Waals surface area contributed by atoms with Crippen LogP contribution in [0.2, 0.25) is 0 Å². The number of benzene rings is 4. The molecule has 2 aromatic heterocycles.